The van der Waals surface area contributed by atoms with Crippen molar-refractivity contribution in [3.63, 3.8) is 0 Å². The van der Waals surface area contributed by atoms with E-state index >= 15 is 0 Å². The molecule has 3 aromatic heterocycles. The summed E-state index contributed by atoms with van der Waals surface area (Å²) >= 11 is 6.81. The number of carbonyl (C=O) groups is 2. The molecule has 4 heterocycles. The van der Waals surface area contributed by atoms with E-state index in [4.69, 9.17) is 16.6 Å². The Morgan fingerprint density at radius 2 is 2.13 bits per heavy atom. The van der Waals surface area contributed by atoms with E-state index in [0.29, 0.717) is 55.1 Å². The second-order valence-electron chi connectivity index (χ2n) is 7.89. The van der Waals surface area contributed by atoms with Crippen molar-refractivity contribution in [2.24, 2.45) is 0 Å². The fourth-order valence-corrected chi connectivity index (χ4v) is 4.43. The van der Waals surface area contributed by atoms with E-state index in [2.05, 4.69) is 9.97 Å². The Balaban J connectivity index is 1.44. The van der Waals surface area contributed by atoms with Crippen LogP contribution in [0.5, 0.6) is 0 Å². The molecule has 154 valence electrons. The van der Waals surface area contributed by atoms with Gasteiger partial charge in [-0.2, -0.15) is 0 Å². The van der Waals surface area contributed by atoms with Crippen LogP contribution in [0.3, 0.4) is 0 Å². The summed E-state index contributed by atoms with van der Waals surface area (Å²) in [7, 11) is 0. The first-order valence-corrected chi connectivity index (χ1v) is 10.6. The van der Waals surface area contributed by atoms with Crippen molar-refractivity contribution < 1.29 is 9.59 Å². The molecule has 8 heteroatoms. The first-order chi connectivity index (χ1) is 14.7. The molecule has 0 radical (unpaired) electrons. The first kappa shape index (κ1) is 19.2. The molecular weight excluding hydrogens is 402 g/mol. The third-order valence-electron chi connectivity index (χ3n) is 5.84. The van der Waals surface area contributed by atoms with Crippen LogP contribution in [0.4, 0.5) is 5.82 Å². The molecule has 1 amide bonds. The molecule has 1 N–H and O–H groups in total. The number of carbonyl (C=O) groups excluding carboxylic acids is 2. The summed E-state index contributed by atoms with van der Waals surface area (Å²) in [5.74, 6) is 1.15. The first-order valence-electron chi connectivity index (χ1n) is 10.2. The summed E-state index contributed by atoms with van der Waals surface area (Å²) in [6, 6.07) is 5.63. The Morgan fingerprint density at radius 1 is 1.27 bits per heavy atom. The van der Waals surface area contributed by atoms with Crippen molar-refractivity contribution in [2.45, 2.75) is 25.2 Å². The number of halogens is 1. The minimum absolute atomic E-state index is 0.0156. The van der Waals surface area contributed by atoms with E-state index < -0.39 is 0 Å². The number of fused-ring (bicyclic) bond motifs is 1. The summed E-state index contributed by atoms with van der Waals surface area (Å²) in [6.45, 7) is 2.16. The highest BCUT2D eigenvalue weighted by Gasteiger charge is 2.29. The molecule has 0 bridgehead atoms. The average Bonchev–Trinajstić information content (AvgIpc) is 3.51. The zero-order chi connectivity index (χ0) is 20.7. The van der Waals surface area contributed by atoms with Crippen LogP contribution < -0.4 is 4.90 Å². The normalized spacial score (nSPS) is 17.6. The van der Waals surface area contributed by atoms with Gasteiger partial charge in [0.05, 0.1) is 17.3 Å². The average molecular weight is 424 g/mol. The summed E-state index contributed by atoms with van der Waals surface area (Å²) in [5.41, 5.74) is 3.49. The number of aldehydes is 1. The van der Waals surface area contributed by atoms with Crippen molar-refractivity contribution in [2.75, 3.05) is 31.1 Å². The number of nitrogens with one attached hydrogen (secondary N) is 1. The highest BCUT2D eigenvalue weighted by molar-refractivity contribution is 6.38. The monoisotopic (exact) mass is 423 g/mol. The van der Waals surface area contributed by atoms with Gasteiger partial charge < -0.3 is 9.78 Å². The maximum absolute atomic E-state index is 12.7. The van der Waals surface area contributed by atoms with E-state index in [9.17, 15) is 9.59 Å². The second kappa shape index (κ2) is 7.81. The maximum Gasteiger partial charge on any atom is 0.242 e. The van der Waals surface area contributed by atoms with Gasteiger partial charge >= 0.3 is 0 Å². The van der Waals surface area contributed by atoms with Gasteiger partial charge in [0.2, 0.25) is 5.91 Å². The molecule has 0 spiro atoms. The highest BCUT2D eigenvalue weighted by atomic mass is 35.5. The quantitative estimate of drug-likeness (QED) is 0.614. The molecule has 2 fully saturated rings. The molecule has 7 nitrogen and oxygen atoms in total. The molecule has 1 saturated carbocycles. The number of nitrogens with zero attached hydrogens (tertiary/aromatic N) is 4. The lowest BCUT2D eigenvalue weighted by atomic mass is 10.1. The van der Waals surface area contributed by atoms with Gasteiger partial charge in [0.1, 0.15) is 17.8 Å². The molecule has 2 aliphatic rings. The van der Waals surface area contributed by atoms with Crippen molar-refractivity contribution in [1.82, 2.24) is 19.9 Å². The number of rotatable bonds is 6. The fraction of sp³-hybridized carbons (Fsp3) is 0.364. The van der Waals surface area contributed by atoms with Gasteiger partial charge in [0.25, 0.3) is 0 Å². The van der Waals surface area contributed by atoms with Crippen LogP contribution in [-0.4, -0.2) is 58.2 Å². The molecule has 5 rings (SSSR count). The number of aromatic nitrogens is 3. The largest absolute Gasteiger partial charge is 0.346 e. The van der Waals surface area contributed by atoms with E-state index in [0.717, 1.165) is 22.9 Å². The predicted molar refractivity (Wildman–Crippen MR) is 116 cm³/mol. The Morgan fingerprint density at radius 3 is 2.90 bits per heavy atom. The van der Waals surface area contributed by atoms with Crippen molar-refractivity contribution in [3.8, 4) is 11.3 Å². The lowest BCUT2D eigenvalue weighted by Crippen LogP contribution is -2.51. The number of aromatic amines is 1. The van der Waals surface area contributed by atoms with Crippen LogP contribution in [0, 0.1) is 0 Å². The van der Waals surface area contributed by atoms with Crippen LogP contribution in [0.15, 0.2) is 30.6 Å². The maximum atomic E-state index is 12.7. The smallest absolute Gasteiger partial charge is 0.242 e. The van der Waals surface area contributed by atoms with E-state index in [1.807, 2.05) is 29.3 Å². The number of hydrogen-bond donors (Lipinski definition) is 1. The summed E-state index contributed by atoms with van der Waals surface area (Å²) in [5, 5.41) is 1.63. The fourth-order valence-electron chi connectivity index (χ4n) is 4.09. The Kier molecular flexibility index (Phi) is 5.00. The van der Waals surface area contributed by atoms with Gasteiger partial charge in [0, 0.05) is 49.4 Å². The third kappa shape index (κ3) is 3.48. The van der Waals surface area contributed by atoms with Crippen LogP contribution >= 0.6 is 11.6 Å². The van der Waals surface area contributed by atoms with Crippen molar-refractivity contribution >= 4 is 40.6 Å². The van der Waals surface area contributed by atoms with Gasteiger partial charge in [-0.25, -0.2) is 9.97 Å². The lowest BCUT2D eigenvalue weighted by molar-refractivity contribution is -0.121. The van der Waals surface area contributed by atoms with Gasteiger partial charge in [-0.15, -0.1) is 0 Å². The van der Waals surface area contributed by atoms with Crippen LogP contribution in [-0.2, 0) is 9.59 Å². The van der Waals surface area contributed by atoms with Crippen molar-refractivity contribution in [1.29, 1.82) is 0 Å². The minimum Gasteiger partial charge on any atom is -0.346 e. The van der Waals surface area contributed by atoms with Gasteiger partial charge in [-0.05, 0) is 36.5 Å². The van der Waals surface area contributed by atoms with E-state index in [-0.39, 0.29) is 5.91 Å². The zero-order valence-corrected chi connectivity index (χ0v) is 17.2. The molecule has 1 aliphatic carbocycles. The SMILES string of the molecule is O=CCCN1CCN(c2cccc(-c3cnc4[nH]cc(C5CC5)c4c3Cl)n2)C(=O)C1. The molecule has 1 aliphatic heterocycles. The molecular formula is C22H22ClN5O2. The highest BCUT2D eigenvalue weighted by Crippen LogP contribution is 2.46. The number of hydrogen-bond acceptors (Lipinski definition) is 5. The second-order valence-corrected chi connectivity index (χ2v) is 8.26. The lowest BCUT2D eigenvalue weighted by Gasteiger charge is -2.33. The number of H-pyrrole nitrogens is 1. The molecule has 1 saturated heterocycles. The predicted octanol–water partition coefficient (Wildman–Crippen LogP) is 3.39. The molecule has 0 aromatic carbocycles. The Bertz CT molecular complexity index is 1120. The van der Waals surface area contributed by atoms with Crippen LogP contribution in [0.25, 0.3) is 22.3 Å². The molecule has 3 aromatic rings. The number of pyridine rings is 2. The topological polar surface area (TPSA) is 82.2 Å². The molecule has 30 heavy (non-hydrogen) atoms. The number of anilines is 1. The summed E-state index contributed by atoms with van der Waals surface area (Å²) < 4.78 is 0. The zero-order valence-electron chi connectivity index (χ0n) is 16.5. The summed E-state index contributed by atoms with van der Waals surface area (Å²) in [6.07, 6.45) is 7.44. The van der Waals surface area contributed by atoms with Gasteiger partial charge in [0.15, 0.2) is 0 Å². The van der Waals surface area contributed by atoms with Gasteiger partial charge in [-0.3, -0.25) is 14.6 Å². The minimum atomic E-state index is -0.0156. The van der Waals surface area contributed by atoms with Crippen LogP contribution in [0.1, 0.15) is 30.7 Å². The van der Waals surface area contributed by atoms with Crippen molar-refractivity contribution in [3.05, 3.63) is 41.2 Å². The molecule has 0 atom stereocenters. The third-order valence-corrected chi connectivity index (χ3v) is 6.23. The Labute approximate surface area is 179 Å². The number of amides is 1. The standard InChI is InChI=1S/C22H22ClN5O2/c23-21-16(12-25-22-20(21)15(11-24-22)14-5-6-14)17-3-1-4-18(26-17)28-9-8-27(7-2-10-29)13-19(28)30/h1,3-4,10-12,14H,2,5-9,13H2,(H,24,25). The van der Waals surface area contributed by atoms with Crippen LogP contribution in [0.2, 0.25) is 5.02 Å². The Hall–Kier alpha value is -2.77. The van der Waals surface area contributed by atoms with E-state index in [1.165, 1.54) is 18.4 Å². The summed E-state index contributed by atoms with van der Waals surface area (Å²) in [4.78, 5) is 39.5. The number of piperazine rings is 1. The molecule has 0 unspecified atom stereocenters. The van der Waals surface area contributed by atoms with Gasteiger partial charge in [-0.1, -0.05) is 17.7 Å². The van der Waals surface area contributed by atoms with E-state index in [1.54, 1.807) is 11.1 Å².